The zero-order chi connectivity index (χ0) is 13.1. The Hall–Kier alpha value is -1.96. The molecule has 2 aromatic carbocycles. The molecule has 0 aromatic heterocycles. The summed E-state index contributed by atoms with van der Waals surface area (Å²) in [6, 6.07) is 17.2. The summed E-state index contributed by atoms with van der Waals surface area (Å²) in [7, 11) is 0. The average molecular weight is 253 g/mol. The lowest BCUT2D eigenvalue weighted by Crippen LogP contribution is -2.31. The summed E-state index contributed by atoms with van der Waals surface area (Å²) in [4.78, 5) is 0. The van der Waals surface area contributed by atoms with E-state index in [1.165, 1.54) is 16.8 Å². The van der Waals surface area contributed by atoms with Crippen molar-refractivity contribution in [1.82, 2.24) is 0 Å². The van der Waals surface area contributed by atoms with E-state index in [1.807, 2.05) is 12.1 Å². The zero-order valence-electron chi connectivity index (χ0n) is 11.2. The molecule has 19 heavy (non-hydrogen) atoms. The summed E-state index contributed by atoms with van der Waals surface area (Å²) in [5.74, 6) is 0.950. The highest BCUT2D eigenvalue weighted by Gasteiger charge is 2.17. The van der Waals surface area contributed by atoms with Crippen molar-refractivity contribution >= 4 is 5.69 Å². The Balaban J connectivity index is 1.59. The van der Waals surface area contributed by atoms with E-state index in [1.54, 1.807) is 0 Å². The molecule has 0 radical (unpaired) electrons. The lowest BCUT2D eigenvalue weighted by Gasteiger charge is -2.27. The quantitative estimate of drug-likeness (QED) is 0.898. The molecule has 0 aliphatic carbocycles. The maximum atomic E-state index is 5.85. The molecule has 2 heteroatoms. The maximum absolute atomic E-state index is 5.85. The van der Waals surface area contributed by atoms with E-state index in [-0.39, 0.29) is 0 Å². The van der Waals surface area contributed by atoms with Gasteiger partial charge in [-0.1, -0.05) is 35.9 Å². The largest absolute Gasteiger partial charge is 0.491 e. The first-order valence-corrected chi connectivity index (χ1v) is 6.85. The fourth-order valence-electron chi connectivity index (χ4n) is 2.46. The second-order valence-electron chi connectivity index (χ2n) is 5.16. The summed E-state index contributed by atoms with van der Waals surface area (Å²) < 4.78 is 5.85. The Labute approximate surface area is 114 Å². The Morgan fingerprint density at radius 2 is 1.89 bits per heavy atom. The number of ether oxygens (including phenoxy) is 1. The first-order chi connectivity index (χ1) is 9.31. The lowest BCUT2D eigenvalue weighted by molar-refractivity contribution is 0.289. The van der Waals surface area contributed by atoms with Crippen LogP contribution < -0.4 is 10.1 Å². The molecule has 1 atom stereocenters. The molecule has 0 bridgehead atoms. The smallest absolute Gasteiger partial charge is 0.119 e. The van der Waals surface area contributed by atoms with E-state index in [9.17, 15) is 0 Å². The minimum atomic E-state index is 0.399. The van der Waals surface area contributed by atoms with Crippen molar-refractivity contribution in [2.24, 2.45) is 0 Å². The van der Waals surface area contributed by atoms with Crippen molar-refractivity contribution in [3.8, 4) is 5.75 Å². The molecule has 1 unspecified atom stereocenters. The number of benzene rings is 2. The molecule has 0 saturated carbocycles. The van der Waals surface area contributed by atoms with Crippen molar-refractivity contribution in [3.05, 3.63) is 59.7 Å². The average Bonchev–Trinajstić information content (AvgIpc) is 2.46. The Morgan fingerprint density at radius 3 is 2.74 bits per heavy atom. The molecule has 3 rings (SSSR count). The predicted octanol–water partition coefficient (Wildman–Crippen LogP) is 3.80. The summed E-state index contributed by atoms with van der Waals surface area (Å²) in [6.07, 6.45) is 2.26. The SMILES string of the molecule is Cc1ccc(OCC2CCc3ccccc3N2)cc1. The van der Waals surface area contributed by atoms with Crippen LogP contribution in [0.15, 0.2) is 48.5 Å². The molecule has 2 nitrogen and oxygen atoms in total. The van der Waals surface area contributed by atoms with Gasteiger partial charge in [-0.25, -0.2) is 0 Å². The normalized spacial score (nSPS) is 17.4. The van der Waals surface area contributed by atoms with E-state index < -0.39 is 0 Å². The molecule has 1 N–H and O–H groups in total. The zero-order valence-corrected chi connectivity index (χ0v) is 11.2. The monoisotopic (exact) mass is 253 g/mol. The number of anilines is 1. The van der Waals surface area contributed by atoms with Crippen LogP contribution in [0, 0.1) is 6.92 Å². The van der Waals surface area contributed by atoms with Gasteiger partial charge in [0.2, 0.25) is 0 Å². The second-order valence-corrected chi connectivity index (χ2v) is 5.16. The molecule has 1 aliphatic rings. The first-order valence-electron chi connectivity index (χ1n) is 6.85. The maximum Gasteiger partial charge on any atom is 0.119 e. The Bertz CT molecular complexity index is 547. The van der Waals surface area contributed by atoms with Gasteiger partial charge in [-0.15, -0.1) is 0 Å². The van der Waals surface area contributed by atoms with Gasteiger partial charge in [0, 0.05) is 5.69 Å². The first kappa shape index (κ1) is 12.1. The van der Waals surface area contributed by atoms with Gasteiger partial charge in [-0.3, -0.25) is 0 Å². The van der Waals surface area contributed by atoms with Crippen LogP contribution in [0.1, 0.15) is 17.5 Å². The number of aryl methyl sites for hydroxylation is 2. The summed E-state index contributed by atoms with van der Waals surface area (Å²) in [5, 5.41) is 3.55. The number of nitrogens with one attached hydrogen (secondary N) is 1. The fraction of sp³-hybridized carbons (Fsp3) is 0.294. The van der Waals surface area contributed by atoms with Crippen molar-refractivity contribution in [1.29, 1.82) is 0 Å². The topological polar surface area (TPSA) is 21.3 Å². The number of rotatable bonds is 3. The molecule has 0 fully saturated rings. The molecule has 0 saturated heterocycles. The van der Waals surface area contributed by atoms with Crippen LogP contribution >= 0.6 is 0 Å². The standard InChI is InChI=1S/C17H19NO/c1-13-6-10-16(11-7-13)19-12-15-9-8-14-4-2-3-5-17(14)18-15/h2-7,10-11,15,18H,8-9,12H2,1H3. The summed E-state index contributed by atoms with van der Waals surface area (Å²) in [6.45, 7) is 2.81. The van der Waals surface area contributed by atoms with Crippen LogP contribution in [-0.2, 0) is 6.42 Å². The predicted molar refractivity (Wildman–Crippen MR) is 78.8 cm³/mol. The number of hydrogen-bond donors (Lipinski definition) is 1. The van der Waals surface area contributed by atoms with Crippen LogP contribution in [0.5, 0.6) is 5.75 Å². The third-order valence-corrected chi connectivity index (χ3v) is 3.61. The van der Waals surface area contributed by atoms with Crippen molar-refractivity contribution < 1.29 is 4.74 Å². The van der Waals surface area contributed by atoms with Gasteiger partial charge in [0.25, 0.3) is 0 Å². The molecule has 1 aliphatic heterocycles. The number of para-hydroxylation sites is 1. The second kappa shape index (κ2) is 5.35. The summed E-state index contributed by atoms with van der Waals surface area (Å²) in [5.41, 5.74) is 3.93. The van der Waals surface area contributed by atoms with E-state index in [0.717, 1.165) is 25.2 Å². The molecule has 0 amide bonds. The van der Waals surface area contributed by atoms with Crippen molar-refractivity contribution in [3.63, 3.8) is 0 Å². The molecule has 1 heterocycles. The van der Waals surface area contributed by atoms with Gasteiger partial charge in [-0.05, 0) is 43.5 Å². The van der Waals surface area contributed by atoms with Gasteiger partial charge in [0.15, 0.2) is 0 Å². The van der Waals surface area contributed by atoms with Crippen LogP contribution in [0.3, 0.4) is 0 Å². The third-order valence-electron chi connectivity index (χ3n) is 3.61. The number of fused-ring (bicyclic) bond motifs is 1. The molecular formula is C17H19NO. The lowest BCUT2D eigenvalue weighted by atomic mass is 9.99. The van der Waals surface area contributed by atoms with Crippen LogP contribution in [0.25, 0.3) is 0 Å². The van der Waals surface area contributed by atoms with Crippen LogP contribution in [-0.4, -0.2) is 12.6 Å². The molecular weight excluding hydrogens is 234 g/mol. The van der Waals surface area contributed by atoms with Crippen LogP contribution in [0.4, 0.5) is 5.69 Å². The van der Waals surface area contributed by atoms with Gasteiger partial charge in [0.05, 0.1) is 6.04 Å². The van der Waals surface area contributed by atoms with Gasteiger partial charge in [0.1, 0.15) is 12.4 Å². The molecule has 2 aromatic rings. The highest BCUT2D eigenvalue weighted by molar-refractivity contribution is 5.53. The fourth-order valence-corrected chi connectivity index (χ4v) is 2.46. The Kier molecular flexibility index (Phi) is 3.41. The molecule has 98 valence electrons. The van der Waals surface area contributed by atoms with E-state index in [0.29, 0.717) is 6.04 Å². The summed E-state index contributed by atoms with van der Waals surface area (Å²) >= 11 is 0. The third kappa shape index (κ3) is 2.90. The van der Waals surface area contributed by atoms with Gasteiger partial charge < -0.3 is 10.1 Å². The van der Waals surface area contributed by atoms with Crippen molar-refractivity contribution in [2.75, 3.05) is 11.9 Å². The number of hydrogen-bond acceptors (Lipinski definition) is 2. The minimum absolute atomic E-state index is 0.399. The van der Waals surface area contributed by atoms with Gasteiger partial charge >= 0.3 is 0 Å². The van der Waals surface area contributed by atoms with E-state index >= 15 is 0 Å². The minimum Gasteiger partial charge on any atom is -0.491 e. The Morgan fingerprint density at radius 1 is 1.11 bits per heavy atom. The van der Waals surface area contributed by atoms with Crippen molar-refractivity contribution in [2.45, 2.75) is 25.8 Å². The highest BCUT2D eigenvalue weighted by Crippen LogP contribution is 2.24. The van der Waals surface area contributed by atoms with Gasteiger partial charge in [-0.2, -0.15) is 0 Å². The van der Waals surface area contributed by atoms with E-state index in [2.05, 4.69) is 48.6 Å². The van der Waals surface area contributed by atoms with E-state index in [4.69, 9.17) is 4.74 Å². The highest BCUT2D eigenvalue weighted by atomic mass is 16.5. The molecule has 0 spiro atoms. The van der Waals surface area contributed by atoms with Crippen LogP contribution in [0.2, 0.25) is 0 Å².